The Morgan fingerprint density at radius 2 is 1.88 bits per heavy atom. The highest BCUT2D eigenvalue weighted by Crippen LogP contribution is 2.26. The number of carbonyl (C=O) groups is 1. The van der Waals surface area contributed by atoms with Crippen LogP contribution in [0.5, 0.6) is 0 Å². The molecule has 25 heavy (non-hydrogen) atoms. The van der Waals surface area contributed by atoms with Gasteiger partial charge in [-0.15, -0.1) is 5.10 Å². The molecule has 2 rings (SSSR count). The lowest BCUT2D eigenvalue weighted by atomic mass is 9.91. The summed E-state index contributed by atoms with van der Waals surface area (Å²) in [6.45, 7) is 5.56. The Bertz CT molecular complexity index is 795. The second-order valence-corrected chi connectivity index (χ2v) is 6.86. The zero-order valence-electron chi connectivity index (χ0n) is 14.1. The van der Waals surface area contributed by atoms with Crippen molar-refractivity contribution in [3.8, 4) is 0 Å². The van der Waals surface area contributed by atoms with E-state index in [1.54, 1.807) is 6.07 Å². The minimum Gasteiger partial charge on any atom is -0.345 e. The van der Waals surface area contributed by atoms with Gasteiger partial charge in [-0.2, -0.15) is 13.2 Å². The summed E-state index contributed by atoms with van der Waals surface area (Å²) in [5.74, 6) is -1.76. The van der Waals surface area contributed by atoms with Crippen molar-refractivity contribution in [1.82, 2.24) is 25.1 Å². The van der Waals surface area contributed by atoms with Gasteiger partial charge >= 0.3 is 6.18 Å². The van der Waals surface area contributed by atoms with E-state index in [9.17, 15) is 18.0 Å². The maximum Gasteiger partial charge on any atom is 0.453 e. The van der Waals surface area contributed by atoms with Gasteiger partial charge in [-0.25, -0.2) is 9.97 Å². The van der Waals surface area contributed by atoms with Crippen LogP contribution in [0.1, 0.15) is 48.5 Å². The predicted octanol–water partition coefficient (Wildman–Crippen LogP) is 3.11. The summed E-state index contributed by atoms with van der Waals surface area (Å²) < 4.78 is 38.8. The molecule has 0 unspecified atom stereocenters. The molecule has 2 aromatic rings. The van der Waals surface area contributed by atoms with Crippen LogP contribution in [-0.4, -0.2) is 25.7 Å². The summed E-state index contributed by atoms with van der Waals surface area (Å²) in [4.78, 5) is 19.9. The third kappa shape index (κ3) is 4.68. The fraction of sp³-hybridized carbons (Fsp3) is 0.467. The van der Waals surface area contributed by atoms with Gasteiger partial charge in [-0.3, -0.25) is 9.48 Å². The molecule has 0 atom stereocenters. The molecule has 0 saturated carbocycles. The van der Waals surface area contributed by atoms with Gasteiger partial charge in [0, 0.05) is 23.7 Å². The lowest BCUT2D eigenvalue weighted by Gasteiger charge is -2.18. The van der Waals surface area contributed by atoms with E-state index in [1.165, 1.54) is 13.1 Å². The summed E-state index contributed by atoms with van der Waals surface area (Å²) in [5.41, 5.74) is 0.580. The van der Waals surface area contributed by atoms with Gasteiger partial charge in [0.15, 0.2) is 0 Å². The first-order valence-electron chi connectivity index (χ1n) is 7.31. The average molecular weight is 376 g/mol. The van der Waals surface area contributed by atoms with E-state index in [4.69, 9.17) is 11.6 Å². The van der Waals surface area contributed by atoms with E-state index in [2.05, 4.69) is 20.4 Å². The molecule has 0 saturated heterocycles. The number of pyridine rings is 1. The molecular formula is C15H17ClF3N5O. The molecule has 0 aliphatic carbocycles. The van der Waals surface area contributed by atoms with E-state index < -0.39 is 17.9 Å². The van der Waals surface area contributed by atoms with E-state index >= 15 is 0 Å². The Balaban J connectivity index is 2.16. The van der Waals surface area contributed by atoms with Crippen LogP contribution in [0.25, 0.3) is 0 Å². The Morgan fingerprint density at radius 3 is 2.40 bits per heavy atom. The van der Waals surface area contributed by atoms with Gasteiger partial charge in [0.2, 0.25) is 0 Å². The molecule has 2 heterocycles. The molecule has 0 aromatic carbocycles. The van der Waals surface area contributed by atoms with Crippen molar-refractivity contribution in [1.29, 1.82) is 0 Å². The quantitative estimate of drug-likeness (QED) is 0.837. The van der Waals surface area contributed by atoms with Crippen LogP contribution in [0.4, 0.5) is 13.2 Å². The van der Waals surface area contributed by atoms with E-state index in [1.807, 2.05) is 20.8 Å². The number of nitrogens with zero attached hydrogens (tertiary/aromatic N) is 4. The standard InChI is InChI=1S/C15H17ClF3N5O/c1-14(2,3)9-5-8(6-10(16)21-9)12(25)20-7-11-22-13(15(17,18)19)23-24(11)4/h5-6H,7H2,1-4H3,(H,20,25). The molecule has 2 aromatic heterocycles. The minimum atomic E-state index is -4.64. The van der Waals surface area contributed by atoms with Crippen molar-refractivity contribution in [2.24, 2.45) is 7.05 Å². The summed E-state index contributed by atoms with van der Waals surface area (Å²) in [7, 11) is 1.32. The number of halogens is 4. The fourth-order valence-electron chi connectivity index (χ4n) is 1.96. The smallest absolute Gasteiger partial charge is 0.345 e. The number of nitrogens with one attached hydrogen (secondary N) is 1. The van der Waals surface area contributed by atoms with Gasteiger partial charge < -0.3 is 5.32 Å². The van der Waals surface area contributed by atoms with Gasteiger partial charge in [0.25, 0.3) is 11.7 Å². The van der Waals surface area contributed by atoms with Gasteiger partial charge in [0.1, 0.15) is 11.0 Å². The molecule has 6 nitrogen and oxygen atoms in total. The highest BCUT2D eigenvalue weighted by molar-refractivity contribution is 6.29. The monoisotopic (exact) mass is 375 g/mol. The average Bonchev–Trinajstić information content (AvgIpc) is 2.84. The van der Waals surface area contributed by atoms with E-state index in [0.29, 0.717) is 5.69 Å². The number of rotatable bonds is 3. The van der Waals surface area contributed by atoms with Crippen LogP contribution in [0.2, 0.25) is 5.15 Å². The van der Waals surface area contributed by atoms with Crippen molar-refractivity contribution in [2.45, 2.75) is 38.9 Å². The summed E-state index contributed by atoms with van der Waals surface area (Å²) in [5, 5.41) is 5.96. The second-order valence-electron chi connectivity index (χ2n) is 6.47. The van der Waals surface area contributed by atoms with Gasteiger partial charge in [-0.05, 0) is 12.1 Å². The normalized spacial score (nSPS) is 12.3. The molecule has 1 N–H and O–H groups in total. The van der Waals surface area contributed by atoms with Crippen LogP contribution in [-0.2, 0) is 25.2 Å². The molecule has 1 amide bonds. The van der Waals surface area contributed by atoms with Crippen LogP contribution in [0.15, 0.2) is 12.1 Å². The zero-order valence-corrected chi connectivity index (χ0v) is 14.8. The molecule has 0 spiro atoms. The maximum atomic E-state index is 12.6. The summed E-state index contributed by atoms with van der Waals surface area (Å²) in [6, 6.07) is 2.99. The van der Waals surface area contributed by atoms with Crippen LogP contribution < -0.4 is 5.32 Å². The topological polar surface area (TPSA) is 72.7 Å². The SMILES string of the molecule is Cn1nc(C(F)(F)F)nc1CNC(=O)c1cc(Cl)nc(C(C)(C)C)c1. The summed E-state index contributed by atoms with van der Waals surface area (Å²) in [6.07, 6.45) is -4.64. The number of amides is 1. The molecule has 136 valence electrons. The molecule has 10 heteroatoms. The first kappa shape index (κ1) is 19.2. The first-order chi connectivity index (χ1) is 11.4. The van der Waals surface area contributed by atoms with Crippen LogP contribution >= 0.6 is 11.6 Å². The van der Waals surface area contributed by atoms with Crippen LogP contribution in [0.3, 0.4) is 0 Å². The van der Waals surface area contributed by atoms with Crippen molar-refractivity contribution >= 4 is 17.5 Å². The molecular weight excluding hydrogens is 359 g/mol. The van der Waals surface area contributed by atoms with Gasteiger partial charge in [-0.1, -0.05) is 32.4 Å². The highest BCUT2D eigenvalue weighted by atomic mass is 35.5. The van der Waals surface area contributed by atoms with Crippen molar-refractivity contribution < 1.29 is 18.0 Å². The molecule has 0 fully saturated rings. The molecule has 0 radical (unpaired) electrons. The number of carbonyl (C=O) groups excluding carboxylic acids is 1. The third-order valence-corrected chi connectivity index (χ3v) is 3.53. The lowest BCUT2D eigenvalue weighted by Crippen LogP contribution is -2.25. The summed E-state index contributed by atoms with van der Waals surface area (Å²) >= 11 is 5.95. The molecule has 0 bridgehead atoms. The molecule has 0 aliphatic rings. The van der Waals surface area contributed by atoms with Crippen molar-refractivity contribution in [3.05, 3.63) is 40.2 Å². The molecule has 0 aliphatic heterocycles. The Kier molecular flexibility index (Phi) is 5.08. The number of alkyl halides is 3. The fourth-order valence-corrected chi connectivity index (χ4v) is 2.17. The number of aromatic nitrogens is 4. The number of aryl methyl sites for hydroxylation is 1. The number of hydrogen-bond acceptors (Lipinski definition) is 4. The largest absolute Gasteiger partial charge is 0.453 e. The predicted molar refractivity (Wildman–Crippen MR) is 85.1 cm³/mol. The van der Waals surface area contributed by atoms with Gasteiger partial charge in [0.05, 0.1) is 6.54 Å². The number of hydrogen-bond donors (Lipinski definition) is 1. The zero-order chi connectivity index (χ0) is 19.0. The maximum absolute atomic E-state index is 12.6. The first-order valence-corrected chi connectivity index (χ1v) is 7.69. The Hall–Kier alpha value is -2.16. The van der Waals surface area contributed by atoms with Crippen molar-refractivity contribution in [3.63, 3.8) is 0 Å². The second kappa shape index (κ2) is 6.62. The van der Waals surface area contributed by atoms with E-state index in [0.717, 1.165) is 4.68 Å². The Morgan fingerprint density at radius 1 is 1.24 bits per heavy atom. The highest BCUT2D eigenvalue weighted by Gasteiger charge is 2.36. The minimum absolute atomic E-state index is 0.0168. The van der Waals surface area contributed by atoms with Crippen molar-refractivity contribution in [2.75, 3.05) is 0 Å². The van der Waals surface area contributed by atoms with Crippen LogP contribution in [0, 0.1) is 0 Å². The Labute approximate surface area is 147 Å². The third-order valence-electron chi connectivity index (χ3n) is 3.34. The lowest BCUT2D eigenvalue weighted by molar-refractivity contribution is -0.145. The van der Waals surface area contributed by atoms with E-state index in [-0.39, 0.29) is 28.5 Å².